The molecule has 2 aliphatic carbocycles. The lowest BCUT2D eigenvalue weighted by atomic mass is 9.82. The maximum absolute atomic E-state index is 2.46. The lowest BCUT2D eigenvalue weighted by Gasteiger charge is -2.29. The van der Waals surface area contributed by atoms with E-state index >= 15 is 0 Å². The van der Waals surface area contributed by atoms with Crippen LogP contribution < -0.4 is 4.90 Å². The van der Waals surface area contributed by atoms with Gasteiger partial charge in [-0.1, -0.05) is 178 Å². The highest BCUT2D eigenvalue weighted by atomic mass is 15.1. The van der Waals surface area contributed by atoms with Crippen LogP contribution in [-0.2, 0) is 11.8 Å². The first-order chi connectivity index (χ1) is 28.0. The Kier molecular flexibility index (Phi) is 7.66. The number of hydrogen-bond donors (Lipinski definition) is 0. The Hall–Kier alpha value is -6.96. The summed E-state index contributed by atoms with van der Waals surface area (Å²) in [5.41, 5.74) is 21.7. The van der Waals surface area contributed by atoms with Crippen molar-refractivity contribution in [2.24, 2.45) is 0 Å². The van der Waals surface area contributed by atoms with Gasteiger partial charge in [-0.2, -0.15) is 0 Å². The summed E-state index contributed by atoms with van der Waals surface area (Å²) >= 11 is 0. The normalized spacial score (nSPS) is 13.2. The van der Waals surface area contributed by atoms with Gasteiger partial charge in [-0.3, -0.25) is 0 Å². The molecule has 0 saturated carbocycles. The molecule has 2 aliphatic rings. The van der Waals surface area contributed by atoms with Crippen LogP contribution in [0, 0.1) is 0 Å². The van der Waals surface area contributed by atoms with E-state index in [9.17, 15) is 0 Å². The molecule has 1 nitrogen and oxygen atoms in total. The second-order valence-electron chi connectivity index (χ2n) is 16.1. The molecule has 0 saturated heterocycles. The molecule has 0 amide bonds. The molecule has 0 fully saturated rings. The zero-order valence-corrected chi connectivity index (χ0v) is 32.2. The number of anilines is 3. The van der Waals surface area contributed by atoms with E-state index in [1.54, 1.807) is 0 Å². The van der Waals surface area contributed by atoms with Crippen molar-refractivity contribution < 1.29 is 0 Å². The van der Waals surface area contributed by atoms with Gasteiger partial charge in [-0.05, 0) is 126 Å². The molecule has 270 valence electrons. The average Bonchev–Trinajstić information content (AvgIpc) is 3.76. The SMILES string of the molecule is CC1(C)c2ccccc2-c2c(-c3ccc(N(c4cccc(-c5ccc6c(c5)-c5ccccc5C6)c4)c4ccc5ccccc5c4-c4ccccc4)cc3)cccc21. The van der Waals surface area contributed by atoms with Crippen molar-refractivity contribution in [2.75, 3.05) is 4.90 Å². The Morgan fingerprint density at radius 3 is 1.91 bits per heavy atom. The first-order valence-electron chi connectivity index (χ1n) is 20.1. The van der Waals surface area contributed by atoms with E-state index in [1.807, 2.05) is 0 Å². The first kappa shape index (κ1) is 33.4. The van der Waals surface area contributed by atoms with Gasteiger partial charge in [0.2, 0.25) is 0 Å². The number of rotatable bonds is 6. The fraction of sp³-hybridized carbons (Fsp3) is 0.0714. The van der Waals surface area contributed by atoms with Crippen LogP contribution in [0.3, 0.4) is 0 Å². The lowest BCUT2D eigenvalue weighted by Crippen LogP contribution is -2.14. The summed E-state index contributed by atoms with van der Waals surface area (Å²) in [6.07, 6.45) is 0.996. The molecule has 9 aromatic rings. The summed E-state index contributed by atoms with van der Waals surface area (Å²) in [5.74, 6) is 0. The van der Waals surface area contributed by atoms with E-state index < -0.39 is 0 Å². The summed E-state index contributed by atoms with van der Waals surface area (Å²) in [5, 5.41) is 2.46. The predicted molar refractivity (Wildman–Crippen MR) is 241 cm³/mol. The van der Waals surface area contributed by atoms with Crippen molar-refractivity contribution >= 4 is 27.8 Å². The molecule has 0 aliphatic heterocycles. The molecule has 0 aromatic heterocycles. The summed E-state index contributed by atoms with van der Waals surface area (Å²) in [6.45, 7) is 4.71. The van der Waals surface area contributed by atoms with Gasteiger partial charge in [0.1, 0.15) is 0 Å². The predicted octanol–water partition coefficient (Wildman–Crippen LogP) is 15.2. The highest BCUT2D eigenvalue weighted by molar-refractivity contribution is 6.05. The third-order valence-electron chi connectivity index (χ3n) is 12.5. The number of benzene rings is 9. The summed E-state index contributed by atoms with van der Waals surface area (Å²) in [4.78, 5) is 2.46. The van der Waals surface area contributed by atoms with E-state index in [4.69, 9.17) is 0 Å². The van der Waals surface area contributed by atoms with Crippen LogP contribution in [0.5, 0.6) is 0 Å². The Bertz CT molecular complexity index is 3010. The van der Waals surface area contributed by atoms with Crippen molar-refractivity contribution in [1.29, 1.82) is 0 Å². The van der Waals surface area contributed by atoms with Crippen LogP contribution in [0.2, 0.25) is 0 Å². The Balaban J connectivity index is 1.09. The zero-order valence-electron chi connectivity index (χ0n) is 32.2. The Morgan fingerprint density at radius 2 is 1.04 bits per heavy atom. The fourth-order valence-corrected chi connectivity index (χ4v) is 9.69. The maximum Gasteiger partial charge on any atom is 0.0546 e. The van der Waals surface area contributed by atoms with E-state index in [-0.39, 0.29) is 5.41 Å². The molecule has 57 heavy (non-hydrogen) atoms. The Morgan fingerprint density at radius 1 is 0.386 bits per heavy atom. The van der Waals surface area contributed by atoms with Gasteiger partial charge >= 0.3 is 0 Å². The molecular weight excluding hydrogens is 687 g/mol. The van der Waals surface area contributed by atoms with Crippen molar-refractivity contribution in [2.45, 2.75) is 25.7 Å². The smallest absolute Gasteiger partial charge is 0.0546 e. The van der Waals surface area contributed by atoms with Crippen LogP contribution in [0.1, 0.15) is 36.1 Å². The topological polar surface area (TPSA) is 3.24 Å². The lowest BCUT2D eigenvalue weighted by molar-refractivity contribution is 0.660. The van der Waals surface area contributed by atoms with E-state index in [2.05, 4.69) is 219 Å². The fourth-order valence-electron chi connectivity index (χ4n) is 9.69. The van der Waals surface area contributed by atoms with E-state index in [0.29, 0.717) is 0 Å². The second kappa shape index (κ2) is 13.1. The minimum atomic E-state index is -0.0458. The number of fused-ring (bicyclic) bond motifs is 7. The van der Waals surface area contributed by atoms with Crippen molar-refractivity contribution in [3.63, 3.8) is 0 Å². The highest BCUT2D eigenvalue weighted by Gasteiger charge is 2.36. The van der Waals surface area contributed by atoms with Gasteiger partial charge in [-0.25, -0.2) is 0 Å². The van der Waals surface area contributed by atoms with Gasteiger partial charge in [0, 0.05) is 22.4 Å². The molecule has 0 unspecified atom stereocenters. The molecule has 9 aromatic carbocycles. The third kappa shape index (κ3) is 5.38. The summed E-state index contributed by atoms with van der Waals surface area (Å²) in [7, 11) is 0. The van der Waals surface area contributed by atoms with Crippen LogP contribution in [0.25, 0.3) is 66.4 Å². The molecule has 1 heteroatoms. The van der Waals surface area contributed by atoms with Crippen LogP contribution in [-0.4, -0.2) is 0 Å². The first-order valence-corrected chi connectivity index (χ1v) is 20.1. The quantitative estimate of drug-likeness (QED) is 0.165. The monoisotopic (exact) mass is 727 g/mol. The van der Waals surface area contributed by atoms with Crippen LogP contribution in [0.15, 0.2) is 200 Å². The average molecular weight is 728 g/mol. The largest absolute Gasteiger partial charge is 0.310 e. The van der Waals surface area contributed by atoms with Gasteiger partial charge in [0.25, 0.3) is 0 Å². The van der Waals surface area contributed by atoms with Crippen molar-refractivity contribution in [3.05, 3.63) is 222 Å². The zero-order chi connectivity index (χ0) is 38.1. The number of nitrogens with zero attached hydrogens (tertiary/aromatic N) is 1. The summed E-state index contributed by atoms with van der Waals surface area (Å²) in [6, 6.07) is 74.1. The van der Waals surface area contributed by atoms with E-state index in [0.717, 1.165) is 23.5 Å². The minimum Gasteiger partial charge on any atom is -0.310 e. The van der Waals surface area contributed by atoms with Crippen molar-refractivity contribution in [1.82, 2.24) is 0 Å². The van der Waals surface area contributed by atoms with Gasteiger partial charge in [0.15, 0.2) is 0 Å². The molecule has 11 rings (SSSR count). The molecule has 0 atom stereocenters. The number of hydrogen-bond acceptors (Lipinski definition) is 1. The van der Waals surface area contributed by atoms with E-state index in [1.165, 1.54) is 88.7 Å². The second-order valence-corrected chi connectivity index (χ2v) is 16.1. The molecule has 0 bridgehead atoms. The highest BCUT2D eigenvalue weighted by Crippen LogP contribution is 2.52. The molecular formula is C56H41N. The maximum atomic E-state index is 2.46. The van der Waals surface area contributed by atoms with Crippen LogP contribution in [0.4, 0.5) is 17.1 Å². The van der Waals surface area contributed by atoms with Gasteiger partial charge < -0.3 is 4.90 Å². The van der Waals surface area contributed by atoms with Crippen molar-refractivity contribution in [3.8, 4) is 55.6 Å². The van der Waals surface area contributed by atoms with Gasteiger partial charge in [-0.15, -0.1) is 0 Å². The standard InChI is InChI=1S/C56H41N/c1-56(2)51-24-11-10-22-49(51)55-48(23-13-25-52(55)56)38-28-31-44(32-29-38)57(53-33-30-37-14-6-9-21-47(37)54(53)39-15-4-3-5-16-39)45-19-12-18-40(35-45)41-26-27-43-34-42-17-7-8-20-46(42)50(43)36-41/h3-33,35-36H,34H2,1-2H3. The molecule has 0 heterocycles. The molecule has 0 radical (unpaired) electrons. The molecule has 0 spiro atoms. The third-order valence-corrected chi connectivity index (χ3v) is 12.5. The molecule has 0 N–H and O–H groups in total. The van der Waals surface area contributed by atoms with Gasteiger partial charge in [0.05, 0.1) is 5.69 Å². The van der Waals surface area contributed by atoms with Crippen LogP contribution >= 0.6 is 0 Å². The summed E-state index contributed by atoms with van der Waals surface area (Å²) < 4.78 is 0. The Labute approximate surface area is 335 Å². The minimum absolute atomic E-state index is 0.0458.